The molecule has 22 heavy (non-hydrogen) atoms. The van der Waals surface area contributed by atoms with Crippen LogP contribution in [0.4, 0.5) is 0 Å². The zero-order chi connectivity index (χ0) is 15.5. The van der Waals surface area contributed by atoms with Crippen LogP contribution in [0.2, 0.25) is 0 Å². The van der Waals surface area contributed by atoms with Crippen LogP contribution in [0.15, 0.2) is 22.8 Å². The van der Waals surface area contributed by atoms with E-state index in [4.69, 9.17) is 0 Å². The van der Waals surface area contributed by atoms with Crippen molar-refractivity contribution >= 4 is 11.6 Å². The van der Waals surface area contributed by atoms with Gasteiger partial charge in [-0.1, -0.05) is 19.4 Å². The van der Waals surface area contributed by atoms with E-state index in [0.717, 1.165) is 44.9 Å². The number of rotatable bonds is 1. The third-order valence-corrected chi connectivity index (χ3v) is 7.04. The Morgan fingerprint density at radius 3 is 2.73 bits per heavy atom. The molecule has 0 aromatic heterocycles. The van der Waals surface area contributed by atoms with Crippen molar-refractivity contribution in [3.63, 3.8) is 0 Å². The van der Waals surface area contributed by atoms with E-state index in [9.17, 15) is 9.59 Å². The van der Waals surface area contributed by atoms with Gasteiger partial charge in [0.1, 0.15) is 5.78 Å². The van der Waals surface area contributed by atoms with E-state index < -0.39 is 0 Å². The Bertz CT molecular complexity index is 609. The van der Waals surface area contributed by atoms with Crippen LogP contribution >= 0.6 is 0 Å². The van der Waals surface area contributed by atoms with Gasteiger partial charge in [0.15, 0.2) is 5.78 Å². The first-order chi connectivity index (χ1) is 10.5. The Morgan fingerprint density at radius 1 is 1.14 bits per heavy atom. The first kappa shape index (κ1) is 14.4. The molecular formula is C20H26O2. The molecule has 4 atom stereocenters. The van der Waals surface area contributed by atoms with E-state index in [1.165, 1.54) is 11.1 Å². The highest BCUT2D eigenvalue weighted by molar-refractivity contribution is 5.93. The van der Waals surface area contributed by atoms with E-state index >= 15 is 0 Å². The normalized spacial score (nSPS) is 41.0. The summed E-state index contributed by atoms with van der Waals surface area (Å²) in [5, 5.41) is 0. The predicted octanol–water partition coefficient (Wildman–Crippen LogP) is 4.40. The summed E-state index contributed by atoms with van der Waals surface area (Å²) in [6.45, 7) is 4.51. The highest BCUT2D eigenvalue weighted by Gasteiger charge is 2.55. The van der Waals surface area contributed by atoms with Gasteiger partial charge in [-0.25, -0.2) is 0 Å². The van der Waals surface area contributed by atoms with Crippen molar-refractivity contribution in [3.05, 3.63) is 22.8 Å². The number of carbonyl (C=O) groups excluding carboxylic acids is 2. The number of fused-ring (bicyclic) bond motifs is 4. The molecule has 1 unspecified atom stereocenters. The van der Waals surface area contributed by atoms with Crippen molar-refractivity contribution < 1.29 is 9.59 Å². The van der Waals surface area contributed by atoms with Crippen molar-refractivity contribution in [2.75, 3.05) is 0 Å². The van der Waals surface area contributed by atoms with Crippen molar-refractivity contribution in [1.82, 2.24) is 0 Å². The lowest BCUT2D eigenvalue weighted by Crippen LogP contribution is -2.44. The Labute approximate surface area is 133 Å². The molecule has 4 rings (SSSR count). The van der Waals surface area contributed by atoms with Gasteiger partial charge in [-0.15, -0.1) is 0 Å². The van der Waals surface area contributed by atoms with Gasteiger partial charge in [0.25, 0.3) is 0 Å². The third kappa shape index (κ3) is 1.85. The quantitative estimate of drug-likeness (QED) is 0.719. The molecule has 0 heterocycles. The summed E-state index contributed by atoms with van der Waals surface area (Å²) < 4.78 is 0. The SMILES string of the molecule is CC[C@H]1C[C@]2(C)C(=O)CC[C@H]2C2CCC3=CC(=O)CCC3=C21. The zero-order valence-electron chi connectivity index (χ0n) is 13.8. The lowest BCUT2D eigenvalue weighted by Gasteiger charge is -2.50. The molecule has 2 nitrogen and oxygen atoms in total. The maximum Gasteiger partial charge on any atom is 0.156 e. The summed E-state index contributed by atoms with van der Waals surface area (Å²) in [5.41, 5.74) is 4.43. The fourth-order valence-electron chi connectivity index (χ4n) is 5.97. The van der Waals surface area contributed by atoms with Crippen LogP contribution in [0.1, 0.15) is 65.2 Å². The van der Waals surface area contributed by atoms with E-state index in [1.807, 2.05) is 6.08 Å². The summed E-state index contributed by atoms with van der Waals surface area (Å²) in [6, 6.07) is 0. The second kappa shape index (κ2) is 4.91. The molecule has 4 aliphatic rings. The second-order valence-corrected chi connectivity index (χ2v) is 8.01. The maximum atomic E-state index is 12.5. The lowest BCUT2D eigenvalue weighted by atomic mass is 9.54. The first-order valence-corrected chi connectivity index (χ1v) is 9.04. The fraction of sp³-hybridized carbons (Fsp3) is 0.700. The summed E-state index contributed by atoms with van der Waals surface area (Å²) >= 11 is 0. The highest BCUT2D eigenvalue weighted by Crippen LogP contribution is 2.60. The number of allylic oxidation sites excluding steroid dienone is 4. The van der Waals surface area contributed by atoms with Gasteiger partial charge in [-0.3, -0.25) is 9.59 Å². The van der Waals surface area contributed by atoms with Gasteiger partial charge in [-0.2, -0.15) is 0 Å². The van der Waals surface area contributed by atoms with Gasteiger partial charge < -0.3 is 0 Å². The Morgan fingerprint density at radius 2 is 1.95 bits per heavy atom. The zero-order valence-corrected chi connectivity index (χ0v) is 13.8. The highest BCUT2D eigenvalue weighted by atomic mass is 16.1. The van der Waals surface area contributed by atoms with E-state index in [2.05, 4.69) is 13.8 Å². The molecule has 0 aromatic carbocycles. The predicted molar refractivity (Wildman–Crippen MR) is 86.3 cm³/mol. The summed E-state index contributed by atoms with van der Waals surface area (Å²) in [6.07, 6.45) is 9.81. The molecular weight excluding hydrogens is 272 g/mol. The van der Waals surface area contributed by atoms with Crippen LogP contribution in [0.3, 0.4) is 0 Å². The van der Waals surface area contributed by atoms with Gasteiger partial charge in [0, 0.05) is 18.3 Å². The number of carbonyl (C=O) groups is 2. The summed E-state index contributed by atoms with van der Waals surface area (Å²) in [5.74, 6) is 2.54. The second-order valence-electron chi connectivity index (χ2n) is 8.01. The number of Topliss-reactive ketones (excluding diaryl/α,β-unsaturated/α-hetero) is 1. The smallest absolute Gasteiger partial charge is 0.156 e. The van der Waals surface area contributed by atoms with Crippen molar-refractivity contribution in [1.29, 1.82) is 0 Å². The van der Waals surface area contributed by atoms with Crippen molar-refractivity contribution in [2.45, 2.75) is 65.2 Å². The van der Waals surface area contributed by atoms with Crippen LogP contribution in [-0.4, -0.2) is 11.6 Å². The largest absolute Gasteiger partial charge is 0.299 e. The molecule has 4 aliphatic carbocycles. The molecule has 118 valence electrons. The standard InChI is InChI=1S/C20H26O2/c1-3-12-11-20(2)17(8-9-18(20)22)16-6-4-13-10-14(21)5-7-15(13)19(12)16/h10,12,16-17H,3-9,11H2,1-2H3/t12-,16?,17-,20-/m0/s1. The fourth-order valence-corrected chi connectivity index (χ4v) is 5.97. The van der Waals surface area contributed by atoms with E-state index in [-0.39, 0.29) is 5.41 Å². The Kier molecular flexibility index (Phi) is 3.22. The van der Waals surface area contributed by atoms with Gasteiger partial charge in [0.05, 0.1) is 0 Å². The lowest BCUT2D eigenvalue weighted by molar-refractivity contribution is -0.129. The van der Waals surface area contributed by atoms with Crippen LogP contribution < -0.4 is 0 Å². The number of ketones is 2. The van der Waals surface area contributed by atoms with Crippen LogP contribution in [0, 0.1) is 23.2 Å². The monoisotopic (exact) mass is 298 g/mol. The Balaban J connectivity index is 1.83. The molecule has 0 saturated heterocycles. The first-order valence-electron chi connectivity index (χ1n) is 9.04. The van der Waals surface area contributed by atoms with Crippen LogP contribution in [0.25, 0.3) is 0 Å². The molecule has 0 radical (unpaired) electrons. The number of hydrogen-bond donors (Lipinski definition) is 0. The van der Waals surface area contributed by atoms with Crippen LogP contribution in [-0.2, 0) is 9.59 Å². The van der Waals surface area contributed by atoms with Crippen LogP contribution in [0.5, 0.6) is 0 Å². The minimum absolute atomic E-state index is 0.0683. The van der Waals surface area contributed by atoms with Gasteiger partial charge >= 0.3 is 0 Å². The molecule has 0 aromatic rings. The van der Waals surface area contributed by atoms with E-state index in [0.29, 0.717) is 35.7 Å². The average Bonchev–Trinajstić information content (AvgIpc) is 2.81. The topological polar surface area (TPSA) is 34.1 Å². The van der Waals surface area contributed by atoms with Crippen molar-refractivity contribution in [3.8, 4) is 0 Å². The number of hydrogen-bond acceptors (Lipinski definition) is 2. The molecule has 0 spiro atoms. The van der Waals surface area contributed by atoms with Gasteiger partial charge in [-0.05, 0) is 73.5 Å². The molecule has 0 N–H and O–H groups in total. The average molecular weight is 298 g/mol. The summed E-state index contributed by atoms with van der Waals surface area (Å²) in [4.78, 5) is 24.3. The minimum atomic E-state index is -0.0683. The molecule has 2 heteroatoms. The third-order valence-electron chi connectivity index (χ3n) is 7.04. The summed E-state index contributed by atoms with van der Waals surface area (Å²) in [7, 11) is 0. The van der Waals surface area contributed by atoms with Crippen molar-refractivity contribution in [2.24, 2.45) is 23.2 Å². The molecule has 0 amide bonds. The van der Waals surface area contributed by atoms with E-state index in [1.54, 1.807) is 5.57 Å². The molecule has 2 saturated carbocycles. The maximum absolute atomic E-state index is 12.5. The Hall–Kier alpha value is -1.18. The van der Waals surface area contributed by atoms with Gasteiger partial charge in [0.2, 0.25) is 0 Å². The minimum Gasteiger partial charge on any atom is -0.299 e. The molecule has 0 aliphatic heterocycles. The molecule has 0 bridgehead atoms. The molecule has 2 fully saturated rings.